The molecule has 6 nitrogen and oxygen atoms in total. The first-order valence-corrected chi connectivity index (χ1v) is 12.9. The van der Waals surface area contributed by atoms with Crippen molar-refractivity contribution in [2.75, 3.05) is 6.61 Å². The fraction of sp³-hybridized carbons (Fsp3) is 0.346. The van der Waals surface area contributed by atoms with Gasteiger partial charge in [0, 0.05) is 5.02 Å². The minimum absolute atomic E-state index is 0.147. The number of ether oxygens (including phenoxy) is 2. The van der Waals surface area contributed by atoms with Crippen LogP contribution in [0.5, 0.6) is 11.5 Å². The largest absolute Gasteiger partial charge is 0.490 e. The topological polar surface area (TPSA) is 68.2 Å². The first-order chi connectivity index (χ1) is 16.5. The Labute approximate surface area is 217 Å². The van der Waals surface area contributed by atoms with Crippen molar-refractivity contribution >= 4 is 52.2 Å². The molecule has 34 heavy (non-hydrogen) atoms. The molecule has 0 N–H and O–H groups in total. The monoisotopic (exact) mass is 590 g/mol. The van der Waals surface area contributed by atoms with Crippen molar-refractivity contribution in [3.05, 3.63) is 68.3 Å². The molecule has 1 saturated heterocycles. The Hall–Kier alpha value is -2.39. The molecule has 0 aromatic heterocycles. The highest BCUT2D eigenvalue weighted by Gasteiger charge is 2.56. The summed E-state index contributed by atoms with van der Waals surface area (Å²) in [6.45, 7) is 2.75. The van der Waals surface area contributed by atoms with Gasteiger partial charge in [0.1, 0.15) is 6.61 Å². The molecule has 0 unspecified atom stereocenters. The average Bonchev–Trinajstić information content (AvgIpc) is 3.11. The number of rotatable bonds is 7. The van der Waals surface area contributed by atoms with Crippen LogP contribution in [0.15, 0.2) is 53.7 Å². The highest BCUT2D eigenvalue weighted by atomic mass is 127. The smallest absolute Gasteiger partial charge is 0.254 e. The fourth-order valence-corrected chi connectivity index (χ4v) is 6.01. The SMILES string of the molecule is CCOc1cc(/C=N\N2C(=O)[C@H]3[C@H](C2=O)[C@H]2C=C[C@H]3CC2)cc(I)c1OCc1ccc(Cl)cc1. The Bertz CT molecular complexity index is 1150. The molecule has 176 valence electrons. The summed E-state index contributed by atoms with van der Waals surface area (Å²) in [5.41, 5.74) is 1.72. The van der Waals surface area contributed by atoms with Crippen molar-refractivity contribution in [3.8, 4) is 11.5 Å². The van der Waals surface area contributed by atoms with Gasteiger partial charge in [0.25, 0.3) is 11.8 Å². The van der Waals surface area contributed by atoms with Gasteiger partial charge in [-0.2, -0.15) is 10.1 Å². The van der Waals surface area contributed by atoms with Gasteiger partial charge in [-0.3, -0.25) is 9.59 Å². The summed E-state index contributed by atoms with van der Waals surface area (Å²) in [4.78, 5) is 26.0. The van der Waals surface area contributed by atoms with Crippen molar-refractivity contribution < 1.29 is 19.1 Å². The van der Waals surface area contributed by atoms with Crippen LogP contribution in [-0.2, 0) is 16.2 Å². The minimum atomic E-state index is -0.267. The zero-order chi connectivity index (χ0) is 23.8. The van der Waals surface area contributed by atoms with Crippen molar-refractivity contribution in [2.24, 2.45) is 28.8 Å². The van der Waals surface area contributed by atoms with Crippen LogP contribution in [0.2, 0.25) is 5.02 Å². The molecule has 1 saturated carbocycles. The quantitative estimate of drug-likeness (QED) is 0.186. The number of fused-ring (bicyclic) bond motifs is 1. The van der Waals surface area contributed by atoms with Gasteiger partial charge in [-0.1, -0.05) is 35.9 Å². The van der Waals surface area contributed by atoms with Crippen LogP contribution in [0, 0.1) is 27.2 Å². The molecule has 2 bridgehead atoms. The van der Waals surface area contributed by atoms with E-state index in [9.17, 15) is 9.59 Å². The Kier molecular flexibility index (Phi) is 6.66. The number of hydrogen-bond donors (Lipinski definition) is 0. The van der Waals surface area contributed by atoms with E-state index in [4.69, 9.17) is 21.1 Å². The Morgan fingerprint density at radius 2 is 1.71 bits per heavy atom. The predicted octanol–water partition coefficient (Wildman–Crippen LogP) is 5.45. The minimum Gasteiger partial charge on any atom is -0.490 e. The normalized spacial score (nSPS) is 25.3. The number of hydrogen-bond acceptors (Lipinski definition) is 5. The van der Waals surface area contributed by atoms with Crippen LogP contribution in [0.4, 0.5) is 0 Å². The summed E-state index contributed by atoms with van der Waals surface area (Å²) < 4.78 is 12.7. The van der Waals surface area contributed by atoms with Crippen molar-refractivity contribution in [2.45, 2.75) is 26.4 Å². The molecule has 2 amide bonds. The van der Waals surface area contributed by atoms with Crippen molar-refractivity contribution in [1.29, 1.82) is 0 Å². The van der Waals surface area contributed by atoms with Gasteiger partial charge in [-0.15, -0.1) is 0 Å². The van der Waals surface area contributed by atoms with Crippen LogP contribution >= 0.6 is 34.2 Å². The van der Waals surface area contributed by atoms with Gasteiger partial charge in [0.15, 0.2) is 11.5 Å². The molecule has 1 aliphatic heterocycles. The van der Waals surface area contributed by atoms with Crippen molar-refractivity contribution in [3.63, 3.8) is 0 Å². The summed E-state index contributed by atoms with van der Waals surface area (Å²) in [5, 5.41) is 6.07. The zero-order valence-corrected chi connectivity index (χ0v) is 21.5. The molecule has 0 radical (unpaired) electrons. The number of imide groups is 1. The summed E-state index contributed by atoms with van der Waals surface area (Å²) >= 11 is 8.15. The maximum atomic E-state index is 13.0. The molecule has 8 heteroatoms. The van der Waals surface area contributed by atoms with Gasteiger partial charge in [-0.05, 0) is 89.6 Å². The lowest BCUT2D eigenvalue weighted by molar-refractivity contribution is -0.140. The van der Waals surface area contributed by atoms with E-state index < -0.39 is 0 Å². The third-order valence-electron chi connectivity index (χ3n) is 6.69. The lowest BCUT2D eigenvalue weighted by Gasteiger charge is -2.37. The average molecular weight is 591 g/mol. The van der Waals surface area contributed by atoms with E-state index in [1.807, 2.05) is 43.3 Å². The molecule has 4 aliphatic rings. The second kappa shape index (κ2) is 9.70. The predicted molar refractivity (Wildman–Crippen MR) is 138 cm³/mol. The lowest BCUT2D eigenvalue weighted by Crippen LogP contribution is -2.38. The molecular formula is C26H24ClIN2O4. The van der Waals surface area contributed by atoms with Gasteiger partial charge >= 0.3 is 0 Å². The first kappa shape index (κ1) is 23.4. The number of allylic oxidation sites excluding steroid dienone is 2. The maximum absolute atomic E-state index is 13.0. The molecular weight excluding hydrogens is 567 g/mol. The first-order valence-electron chi connectivity index (χ1n) is 11.4. The standard InChI is InChI=1S/C26H24ClIN2O4/c1-2-33-21-12-16(11-20(28)24(21)34-14-15-3-9-19(27)10-4-15)13-29-30-25(31)22-17-5-6-18(8-7-17)23(22)26(30)32/h3-6,9-13,17-18,22-23H,2,7-8,14H2,1H3/b29-13-/t17-,18-,22+,23+/m0/s1. The fourth-order valence-electron chi connectivity index (χ4n) is 5.10. The van der Waals surface area contributed by atoms with Gasteiger partial charge in [0.05, 0.1) is 28.2 Å². The van der Waals surface area contributed by atoms with E-state index in [1.165, 1.54) is 0 Å². The Balaban J connectivity index is 1.35. The van der Waals surface area contributed by atoms with Gasteiger partial charge in [0.2, 0.25) is 0 Å². The molecule has 0 spiro atoms. The van der Waals surface area contributed by atoms with Crippen LogP contribution in [0.25, 0.3) is 0 Å². The van der Waals surface area contributed by atoms with Gasteiger partial charge in [-0.25, -0.2) is 0 Å². The second-order valence-corrected chi connectivity index (χ2v) is 10.4. The number of halogens is 2. The van der Waals surface area contributed by atoms with Crippen LogP contribution in [-0.4, -0.2) is 29.6 Å². The number of benzene rings is 2. The summed E-state index contributed by atoms with van der Waals surface area (Å²) in [5.74, 6) is 0.605. The number of carbonyl (C=O) groups excluding carboxylic acids is 2. The van der Waals surface area contributed by atoms with E-state index >= 15 is 0 Å². The summed E-state index contributed by atoms with van der Waals surface area (Å²) in [6.07, 6.45) is 7.69. The maximum Gasteiger partial charge on any atom is 0.254 e. The van der Waals surface area contributed by atoms with E-state index in [0.29, 0.717) is 29.7 Å². The second-order valence-electron chi connectivity index (χ2n) is 8.75. The molecule has 2 aromatic rings. The third-order valence-corrected chi connectivity index (χ3v) is 7.74. The van der Waals surface area contributed by atoms with Crippen LogP contribution in [0.3, 0.4) is 0 Å². The molecule has 4 atom stereocenters. The Morgan fingerprint density at radius 3 is 2.29 bits per heavy atom. The molecule has 2 aromatic carbocycles. The van der Waals surface area contributed by atoms with Crippen LogP contribution in [0.1, 0.15) is 30.9 Å². The summed E-state index contributed by atoms with van der Waals surface area (Å²) in [6, 6.07) is 11.2. The summed E-state index contributed by atoms with van der Waals surface area (Å²) in [7, 11) is 0. The number of amides is 2. The van der Waals surface area contributed by atoms with E-state index in [0.717, 1.165) is 32.5 Å². The lowest BCUT2D eigenvalue weighted by atomic mass is 9.63. The molecule has 2 fully saturated rings. The van der Waals surface area contributed by atoms with E-state index in [-0.39, 0.29) is 35.5 Å². The number of carbonyl (C=O) groups is 2. The third kappa shape index (κ3) is 4.35. The highest BCUT2D eigenvalue weighted by molar-refractivity contribution is 14.1. The highest BCUT2D eigenvalue weighted by Crippen LogP contribution is 2.49. The van der Waals surface area contributed by atoms with Crippen molar-refractivity contribution in [1.82, 2.24) is 5.01 Å². The number of nitrogens with zero attached hydrogens (tertiary/aromatic N) is 2. The van der Waals surface area contributed by atoms with Gasteiger partial charge < -0.3 is 9.47 Å². The molecule has 6 rings (SSSR count). The molecule has 3 aliphatic carbocycles. The number of hydrazone groups is 1. The Morgan fingerprint density at radius 1 is 1.06 bits per heavy atom. The van der Waals surface area contributed by atoms with E-state index in [1.54, 1.807) is 6.21 Å². The van der Waals surface area contributed by atoms with Crippen LogP contribution < -0.4 is 9.47 Å². The zero-order valence-electron chi connectivity index (χ0n) is 18.6. The van der Waals surface area contributed by atoms with E-state index in [2.05, 4.69) is 39.8 Å². The molecule has 1 heterocycles.